The fourth-order valence-electron chi connectivity index (χ4n) is 3.38. The van der Waals surface area contributed by atoms with Gasteiger partial charge in [-0.05, 0) is 19.8 Å². The third-order valence-electron chi connectivity index (χ3n) is 4.75. The van der Waals surface area contributed by atoms with Gasteiger partial charge < -0.3 is 14.4 Å². The summed E-state index contributed by atoms with van der Waals surface area (Å²) in [5.41, 5.74) is 0. The average molecular weight is 378 g/mol. The highest BCUT2D eigenvalue weighted by atomic mass is 32.2. The Morgan fingerprint density at radius 1 is 1.28 bits per heavy atom. The Kier molecular flexibility index (Phi) is 8.08. The normalized spacial score (nSPS) is 23.2. The summed E-state index contributed by atoms with van der Waals surface area (Å²) in [5.74, 6) is -0.0619. The van der Waals surface area contributed by atoms with Crippen LogP contribution in [0.3, 0.4) is 0 Å². The van der Waals surface area contributed by atoms with E-state index in [1.165, 1.54) is 6.26 Å². The highest BCUT2D eigenvalue weighted by Crippen LogP contribution is 2.19. The van der Waals surface area contributed by atoms with E-state index >= 15 is 0 Å². The second kappa shape index (κ2) is 9.82. The van der Waals surface area contributed by atoms with E-state index in [1.807, 2.05) is 6.92 Å². The van der Waals surface area contributed by atoms with Gasteiger partial charge in [-0.25, -0.2) is 8.42 Å². The number of sulfonamides is 1. The number of ether oxygens (including phenoxy) is 2. The minimum Gasteiger partial charge on any atom is -0.379 e. The molecule has 9 heteroatoms. The smallest absolute Gasteiger partial charge is 0.248 e. The lowest BCUT2D eigenvalue weighted by Gasteiger charge is -2.39. The highest BCUT2D eigenvalue weighted by molar-refractivity contribution is 7.88. The van der Waals surface area contributed by atoms with Crippen molar-refractivity contribution in [3.8, 4) is 0 Å². The van der Waals surface area contributed by atoms with E-state index in [1.54, 1.807) is 9.21 Å². The van der Waals surface area contributed by atoms with Crippen LogP contribution in [0.4, 0.5) is 0 Å². The van der Waals surface area contributed by atoms with Gasteiger partial charge in [-0.2, -0.15) is 4.31 Å². The molecule has 1 amide bonds. The molecule has 1 unspecified atom stereocenters. The van der Waals surface area contributed by atoms with Crippen molar-refractivity contribution in [1.82, 2.24) is 14.1 Å². The van der Waals surface area contributed by atoms with Crippen LogP contribution in [0.15, 0.2) is 0 Å². The lowest BCUT2D eigenvalue weighted by atomic mass is 10.1. The van der Waals surface area contributed by atoms with Crippen LogP contribution in [0, 0.1) is 0 Å². The fraction of sp³-hybridized carbons (Fsp3) is 0.938. The number of nitrogens with zero attached hydrogens (tertiary/aromatic N) is 3. The number of hydrogen-bond donors (Lipinski definition) is 0. The molecule has 0 saturated carbocycles. The first-order valence-electron chi connectivity index (χ1n) is 9.04. The van der Waals surface area contributed by atoms with E-state index in [0.29, 0.717) is 46.0 Å². The summed E-state index contributed by atoms with van der Waals surface area (Å²) in [6, 6.07) is -0.157. The number of likely N-dealkylation sites (tertiary alicyclic amines) is 1. The molecule has 25 heavy (non-hydrogen) atoms. The molecule has 1 atom stereocenters. The van der Waals surface area contributed by atoms with Gasteiger partial charge in [0.2, 0.25) is 15.9 Å². The standard InChI is InChI=1S/C16H31N3O5S/c1-3-23-14-16(20)18-6-4-5-15(13-18)19(25(2,21)22)8-7-17-9-11-24-12-10-17/h15H,3-14H2,1-2H3. The summed E-state index contributed by atoms with van der Waals surface area (Å²) in [7, 11) is -3.33. The number of amides is 1. The third-order valence-corrected chi connectivity index (χ3v) is 6.09. The molecule has 2 fully saturated rings. The molecule has 2 rings (SSSR count). The third kappa shape index (κ3) is 6.49. The molecule has 0 aromatic carbocycles. The van der Waals surface area contributed by atoms with Crippen molar-refractivity contribution in [2.45, 2.75) is 25.8 Å². The highest BCUT2D eigenvalue weighted by Gasteiger charge is 2.32. The zero-order chi connectivity index (χ0) is 18.3. The largest absolute Gasteiger partial charge is 0.379 e. The molecular formula is C16H31N3O5S. The van der Waals surface area contributed by atoms with Crippen molar-refractivity contribution >= 4 is 15.9 Å². The summed E-state index contributed by atoms with van der Waals surface area (Å²) in [6.45, 7) is 7.74. The van der Waals surface area contributed by atoms with Gasteiger partial charge in [0.15, 0.2) is 0 Å². The Balaban J connectivity index is 1.95. The van der Waals surface area contributed by atoms with E-state index in [4.69, 9.17) is 9.47 Å². The van der Waals surface area contributed by atoms with Gasteiger partial charge in [-0.3, -0.25) is 9.69 Å². The number of rotatable bonds is 8. The Hall–Kier alpha value is -0.740. The first-order chi connectivity index (χ1) is 11.9. The first-order valence-corrected chi connectivity index (χ1v) is 10.9. The van der Waals surface area contributed by atoms with E-state index in [0.717, 1.165) is 25.9 Å². The minimum atomic E-state index is -3.33. The van der Waals surface area contributed by atoms with Gasteiger partial charge in [-0.1, -0.05) is 0 Å². The second-order valence-electron chi connectivity index (χ2n) is 6.60. The molecule has 0 bridgehead atoms. The van der Waals surface area contributed by atoms with E-state index < -0.39 is 10.0 Å². The molecule has 0 aliphatic carbocycles. The van der Waals surface area contributed by atoms with Crippen molar-refractivity contribution in [2.75, 3.05) is 72.0 Å². The van der Waals surface area contributed by atoms with Gasteiger partial charge >= 0.3 is 0 Å². The second-order valence-corrected chi connectivity index (χ2v) is 8.54. The number of hydrogen-bond acceptors (Lipinski definition) is 6. The van der Waals surface area contributed by atoms with Crippen LogP contribution in [-0.2, 0) is 24.3 Å². The molecule has 146 valence electrons. The van der Waals surface area contributed by atoms with Crippen LogP contribution in [0.5, 0.6) is 0 Å². The van der Waals surface area contributed by atoms with Crippen LogP contribution in [0.25, 0.3) is 0 Å². The van der Waals surface area contributed by atoms with Crippen molar-refractivity contribution in [2.24, 2.45) is 0 Å². The predicted molar refractivity (Wildman–Crippen MR) is 94.9 cm³/mol. The predicted octanol–water partition coefficient (Wildman–Crippen LogP) is -0.392. The number of morpholine rings is 1. The molecule has 8 nitrogen and oxygen atoms in total. The maximum absolute atomic E-state index is 12.3. The van der Waals surface area contributed by atoms with Gasteiger partial charge in [0.1, 0.15) is 6.61 Å². The molecule has 0 aromatic heterocycles. The topological polar surface area (TPSA) is 79.4 Å². The minimum absolute atomic E-state index is 0.0619. The SMILES string of the molecule is CCOCC(=O)N1CCCC(N(CCN2CCOCC2)S(C)(=O)=O)C1. The van der Waals surface area contributed by atoms with Gasteiger partial charge in [-0.15, -0.1) is 0 Å². The molecule has 0 spiro atoms. The van der Waals surface area contributed by atoms with Crippen LogP contribution in [-0.4, -0.2) is 106 Å². The van der Waals surface area contributed by atoms with E-state index in [2.05, 4.69) is 4.90 Å². The average Bonchev–Trinajstić information content (AvgIpc) is 2.60. The summed E-state index contributed by atoms with van der Waals surface area (Å²) in [4.78, 5) is 16.1. The Labute approximate surface area is 151 Å². The van der Waals surface area contributed by atoms with Gasteiger partial charge in [0.25, 0.3) is 0 Å². The van der Waals surface area contributed by atoms with Crippen LogP contribution < -0.4 is 0 Å². The molecule has 0 aromatic rings. The fourth-order valence-corrected chi connectivity index (χ4v) is 4.51. The molecule has 2 saturated heterocycles. The Bertz CT molecular complexity index is 522. The van der Waals surface area contributed by atoms with Crippen LogP contribution in [0.2, 0.25) is 0 Å². The van der Waals surface area contributed by atoms with Crippen molar-refractivity contribution < 1.29 is 22.7 Å². The lowest BCUT2D eigenvalue weighted by molar-refractivity contribution is -0.137. The molecule has 2 heterocycles. The van der Waals surface area contributed by atoms with Gasteiger partial charge in [0, 0.05) is 51.9 Å². The van der Waals surface area contributed by atoms with E-state index in [9.17, 15) is 13.2 Å². The Morgan fingerprint density at radius 2 is 2.00 bits per heavy atom. The van der Waals surface area contributed by atoms with Crippen LogP contribution in [0.1, 0.15) is 19.8 Å². The zero-order valence-corrected chi connectivity index (χ0v) is 16.2. The van der Waals surface area contributed by atoms with Gasteiger partial charge in [0.05, 0.1) is 19.5 Å². The van der Waals surface area contributed by atoms with Crippen molar-refractivity contribution in [1.29, 1.82) is 0 Å². The molecule has 0 radical (unpaired) electrons. The summed E-state index contributed by atoms with van der Waals surface area (Å²) < 4.78 is 36.7. The maximum Gasteiger partial charge on any atom is 0.248 e. The monoisotopic (exact) mass is 377 g/mol. The van der Waals surface area contributed by atoms with E-state index in [-0.39, 0.29) is 18.6 Å². The maximum atomic E-state index is 12.3. The zero-order valence-electron chi connectivity index (χ0n) is 15.4. The quantitative estimate of drug-likeness (QED) is 0.573. The lowest BCUT2D eigenvalue weighted by Crippen LogP contribution is -2.54. The summed E-state index contributed by atoms with van der Waals surface area (Å²) in [5, 5.41) is 0. The molecular weight excluding hydrogens is 346 g/mol. The van der Waals surface area contributed by atoms with Crippen molar-refractivity contribution in [3.63, 3.8) is 0 Å². The summed E-state index contributed by atoms with van der Waals surface area (Å²) >= 11 is 0. The number of piperidine rings is 1. The first kappa shape index (κ1) is 20.6. The van der Waals surface area contributed by atoms with Crippen LogP contribution >= 0.6 is 0 Å². The number of carbonyl (C=O) groups excluding carboxylic acids is 1. The molecule has 2 aliphatic rings. The summed E-state index contributed by atoms with van der Waals surface area (Å²) in [6.07, 6.45) is 2.86. The van der Waals surface area contributed by atoms with Crippen molar-refractivity contribution in [3.05, 3.63) is 0 Å². The Morgan fingerprint density at radius 3 is 2.64 bits per heavy atom. The molecule has 0 N–H and O–H groups in total. The number of carbonyl (C=O) groups is 1. The molecule has 2 aliphatic heterocycles.